The number of rotatable bonds is 3. The lowest BCUT2D eigenvalue weighted by Gasteiger charge is -2.29. The van der Waals surface area contributed by atoms with Crippen LogP contribution in [0.25, 0.3) is 0 Å². The van der Waals surface area contributed by atoms with Crippen molar-refractivity contribution < 1.29 is 14.5 Å². The zero-order valence-electron chi connectivity index (χ0n) is 14.4. The molecule has 130 valence electrons. The first-order valence-electron chi connectivity index (χ1n) is 7.82. The van der Waals surface area contributed by atoms with Gasteiger partial charge in [-0.15, -0.1) is 11.3 Å². The molecule has 0 spiro atoms. The zero-order valence-corrected chi connectivity index (χ0v) is 15.2. The van der Waals surface area contributed by atoms with Crippen molar-refractivity contribution in [2.24, 2.45) is 10.9 Å². The van der Waals surface area contributed by atoms with Crippen LogP contribution in [0.2, 0.25) is 0 Å². The number of ether oxygens (including phenoxy) is 1. The Bertz CT molecular complexity index is 900. The summed E-state index contributed by atoms with van der Waals surface area (Å²) < 4.78 is 5.00. The summed E-state index contributed by atoms with van der Waals surface area (Å²) in [7, 11) is 1.35. The number of nitrogens with zero attached hydrogens (tertiary/aromatic N) is 2. The van der Waals surface area contributed by atoms with Crippen LogP contribution in [0, 0.1) is 29.9 Å². The lowest BCUT2D eigenvalue weighted by Crippen LogP contribution is -2.32. The molecule has 1 aliphatic heterocycles. The lowest BCUT2D eigenvalue weighted by atomic mass is 9.76. The molecule has 0 amide bonds. The molecule has 2 heterocycles. The number of benzene rings is 1. The summed E-state index contributed by atoms with van der Waals surface area (Å²) in [5.74, 6) is -1.32. The standard InChI is InChI=1S/C18H18N2O4S/c1-9-11(3)25-17-14(9)16(15(10(2)19-17)18(21)24-4)12-6-5-7-13(8-12)20(22)23/h5-8,15-16H,1-4H3. The summed E-state index contributed by atoms with van der Waals surface area (Å²) in [5, 5.41) is 12.0. The van der Waals surface area contributed by atoms with Gasteiger partial charge in [0.05, 0.1) is 12.0 Å². The van der Waals surface area contributed by atoms with Crippen molar-refractivity contribution in [2.45, 2.75) is 26.7 Å². The maximum atomic E-state index is 12.5. The van der Waals surface area contributed by atoms with Gasteiger partial charge in [-0.2, -0.15) is 0 Å². The molecular weight excluding hydrogens is 340 g/mol. The fraction of sp³-hybridized carbons (Fsp3) is 0.333. The van der Waals surface area contributed by atoms with E-state index in [2.05, 4.69) is 4.99 Å². The number of carbonyl (C=O) groups excluding carboxylic acids is 1. The Morgan fingerprint density at radius 1 is 1.32 bits per heavy atom. The normalized spacial score (nSPS) is 19.1. The molecule has 0 saturated heterocycles. The Balaban J connectivity index is 2.25. The van der Waals surface area contributed by atoms with E-state index in [1.54, 1.807) is 24.3 Å². The largest absolute Gasteiger partial charge is 0.468 e. The third-order valence-corrected chi connectivity index (χ3v) is 5.80. The van der Waals surface area contributed by atoms with Gasteiger partial charge in [0.2, 0.25) is 0 Å². The Hall–Kier alpha value is -2.54. The molecule has 0 N–H and O–H groups in total. The fourth-order valence-corrected chi connectivity index (χ4v) is 4.47. The molecule has 0 bridgehead atoms. The van der Waals surface area contributed by atoms with E-state index in [9.17, 15) is 14.9 Å². The minimum Gasteiger partial charge on any atom is -0.468 e. The third kappa shape index (κ3) is 2.84. The predicted octanol–water partition coefficient (Wildman–Crippen LogP) is 4.30. The summed E-state index contributed by atoms with van der Waals surface area (Å²) in [6.07, 6.45) is 0. The second kappa shape index (κ2) is 6.40. The van der Waals surface area contributed by atoms with Gasteiger partial charge in [-0.3, -0.25) is 14.9 Å². The molecule has 6 nitrogen and oxygen atoms in total. The fourth-order valence-electron chi connectivity index (χ4n) is 3.34. The van der Waals surface area contributed by atoms with Crippen molar-refractivity contribution in [1.29, 1.82) is 0 Å². The van der Waals surface area contributed by atoms with Crippen molar-refractivity contribution in [3.05, 3.63) is 55.9 Å². The summed E-state index contributed by atoms with van der Waals surface area (Å²) in [6, 6.07) is 6.46. The highest BCUT2D eigenvalue weighted by atomic mass is 32.1. The van der Waals surface area contributed by atoms with Crippen molar-refractivity contribution in [2.75, 3.05) is 7.11 Å². The molecule has 0 saturated carbocycles. The molecular formula is C18H18N2O4S. The molecule has 2 unspecified atom stereocenters. The highest BCUT2D eigenvalue weighted by molar-refractivity contribution is 7.16. The number of methoxy groups -OCH3 is 1. The first-order chi connectivity index (χ1) is 11.8. The number of esters is 1. The summed E-state index contributed by atoms with van der Waals surface area (Å²) >= 11 is 1.58. The van der Waals surface area contributed by atoms with Crippen LogP contribution in [0.5, 0.6) is 0 Å². The SMILES string of the molecule is COC(=O)C1C(C)=Nc2sc(C)c(C)c2C1c1cccc([N+](=O)[O-])c1. The number of thiophene rings is 1. The Morgan fingerprint density at radius 3 is 2.68 bits per heavy atom. The van der Waals surface area contributed by atoms with E-state index in [0.717, 1.165) is 26.6 Å². The van der Waals surface area contributed by atoms with Gasteiger partial charge in [-0.1, -0.05) is 12.1 Å². The maximum Gasteiger partial charge on any atom is 0.315 e. The van der Waals surface area contributed by atoms with Crippen LogP contribution in [0.15, 0.2) is 29.3 Å². The number of non-ortho nitro benzene ring substituents is 1. The zero-order chi connectivity index (χ0) is 18.3. The molecule has 0 radical (unpaired) electrons. The molecule has 25 heavy (non-hydrogen) atoms. The van der Waals surface area contributed by atoms with Gasteiger partial charge in [0, 0.05) is 34.2 Å². The summed E-state index contributed by atoms with van der Waals surface area (Å²) in [6.45, 7) is 5.82. The van der Waals surface area contributed by atoms with Gasteiger partial charge in [0.25, 0.3) is 5.69 Å². The van der Waals surface area contributed by atoms with E-state index in [0.29, 0.717) is 5.71 Å². The summed E-state index contributed by atoms with van der Waals surface area (Å²) in [5.41, 5.74) is 3.43. The van der Waals surface area contributed by atoms with Crippen LogP contribution in [0.1, 0.15) is 34.4 Å². The van der Waals surface area contributed by atoms with Crippen molar-refractivity contribution in [3.63, 3.8) is 0 Å². The van der Waals surface area contributed by atoms with Crippen molar-refractivity contribution >= 4 is 33.7 Å². The minimum atomic E-state index is -0.591. The smallest absolute Gasteiger partial charge is 0.315 e. The van der Waals surface area contributed by atoms with E-state index < -0.39 is 10.8 Å². The Labute approximate surface area is 149 Å². The van der Waals surface area contributed by atoms with Crippen LogP contribution in [-0.2, 0) is 9.53 Å². The number of nitro benzene ring substituents is 1. The van der Waals surface area contributed by atoms with Crippen LogP contribution >= 0.6 is 11.3 Å². The molecule has 1 aromatic heterocycles. The number of hydrogen-bond acceptors (Lipinski definition) is 6. The molecule has 0 fully saturated rings. The minimum absolute atomic E-state index is 0.00688. The topological polar surface area (TPSA) is 81.8 Å². The number of nitro groups is 1. The number of aryl methyl sites for hydroxylation is 1. The number of carbonyl (C=O) groups is 1. The number of hydrogen-bond donors (Lipinski definition) is 0. The number of fused-ring (bicyclic) bond motifs is 1. The molecule has 3 rings (SSSR count). The van der Waals surface area contributed by atoms with Gasteiger partial charge in [0.15, 0.2) is 0 Å². The van der Waals surface area contributed by atoms with E-state index in [1.807, 2.05) is 19.9 Å². The Morgan fingerprint density at radius 2 is 2.04 bits per heavy atom. The third-order valence-electron chi connectivity index (χ3n) is 4.68. The van der Waals surface area contributed by atoms with E-state index >= 15 is 0 Å². The second-order valence-corrected chi connectivity index (χ2v) is 7.29. The first kappa shape index (κ1) is 17.3. The maximum absolute atomic E-state index is 12.5. The molecule has 2 aromatic rings. The quantitative estimate of drug-likeness (QED) is 0.465. The second-order valence-electron chi connectivity index (χ2n) is 6.09. The highest BCUT2D eigenvalue weighted by Crippen LogP contribution is 2.49. The van der Waals surface area contributed by atoms with Gasteiger partial charge in [0.1, 0.15) is 10.9 Å². The van der Waals surface area contributed by atoms with E-state index in [4.69, 9.17) is 4.74 Å². The Kier molecular flexibility index (Phi) is 4.43. The highest BCUT2D eigenvalue weighted by Gasteiger charge is 2.40. The first-order valence-corrected chi connectivity index (χ1v) is 8.64. The van der Waals surface area contributed by atoms with Gasteiger partial charge in [-0.05, 0) is 31.9 Å². The molecule has 1 aromatic carbocycles. The van der Waals surface area contributed by atoms with Gasteiger partial charge in [-0.25, -0.2) is 4.99 Å². The van der Waals surface area contributed by atoms with E-state index in [1.165, 1.54) is 19.2 Å². The molecule has 0 aliphatic carbocycles. The van der Waals surface area contributed by atoms with Crippen LogP contribution < -0.4 is 0 Å². The number of aliphatic imine (C=N–C) groups is 1. The van der Waals surface area contributed by atoms with Crippen molar-refractivity contribution in [3.8, 4) is 0 Å². The monoisotopic (exact) mass is 358 g/mol. The average Bonchev–Trinajstić information content (AvgIpc) is 2.87. The van der Waals surface area contributed by atoms with Crippen LogP contribution in [0.4, 0.5) is 10.7 Å². The molecule has 2 atom stereocenters. The van der Waals surface area contributed by atoms with E-state index in [-0.39, 0.29) is 17.6 Å². The lowest BCUT2D eigenvalue weighted by molar-refractivity contribution is -0.384. The van der Waals surface area contributed by atoms with Crippen LogP contribution in [0.3, 0.4) is 0 Å². The molecule has 7 heteroatoms. The van der Waals surface area contributed by atoms with Gasteiger partial charge < -0.3 is 4.74 Å². The molecule has 1 aliphatic rings. The average molecular weight is 358 g/mol. The van der Waals surface area contributed by atoms with Gasteiger partial charge >= 0.3 is 5.97 Å². The van der Waals surface area contributed by atoms with Crippen molar-refractivity contribution in [1.82, 2.24) is 0 Å². The summed E-state index contributed by atoms with van der Waals surface area (Å²) in [4.78, 5) is 29.0. The van der Waals surface area contributed by atoms with Crippen LogP contribution in [-0.4, -0.2) is 23.7 Å². The predicted molar refractivity (Wildman–Crippen MR) is 97.0 cm³/mol.